The number of sulfone groups is 1. The molecule has 5 nitrogen and oxygen atoms in total. The van der Waals surface area contributed by atoms with Gasteiger partial charge in [-0.3, -0.25) is 0 Å². The van der Waals surface area contributed by atoms with Gasteiger partial charge in [0.2, 0.25) is 0 Å². The smallest absolute Gasteiger partial charge is 0.257 e. The molecule has 1 N–H and O–H groups in total. The van der Waals surface area contributed by atoms with Gasteiger partial charge in [0.05, 0.1) is 18.4 Å². The first-order valence-corrected chi connectivity index (χ1v) is 6.63. The van der Waals surface area contributed by atoms with E-state index in [1.165, 1.54) is 5.41 Å². The van der Waals surface area contributed by atoms with E-state index in [-0.39, 0.29) is 23.1 Å². The molecule has 0 amide bonds. The van der Waals surface area contributed by atoms with Crippen LogP contribution in [0.1, 0.15) is 0 Å². The minimum atomic E-state index is -3.04. The van der Waals surface area contributed by atoms with E-state index in [0.717, 1.165) is 0 Å². The zero-order valence-electron chi connectivity index (χ0n) is 7.88. The van der Waals surface area contributed by atoms with E-state index in [2.05, 4.69) is 5.32 Å². The predicted octanol–water partition coefficient (Wildman–Crippen LogP) is -0.413. The van der Waals surface area contributed by atoms with Crippen LogP contribution in [0.4, 0.5) is 0 Å². The van der Waals surface area contributed by atoms with Gasteiger partial charge in [0.25, 0.3) is 5.17 Å². The normalized spacial score (nSPS) is 31.2. The van der Waals surface area contributed by atoms with E-state index in [1.54, 1.807) is 6.08 Å². The summed E-state index contributed by atoms with van der Waals surface area (Å²) in [6.07, 6.45) is 1.71. The molecule has 1 saturated heterocycles. The molecule has 15 heavy (non-hydrogen) atoms. The van der Waals surface area contributed by atoms with Crippen molar-refractivity contribution in [2.75, 3.05) is 19.0 Å². The van der Waals surface area contributed by atoms with Crippen LogP contribution < -0.4 is 5.32 Å². The molecule has 0 spiro atoms. The highest BCUT2D eigenvalue weighted by Crippen LogP contribution is 2.10. The second-order valence-corrected chi connectivity index (χ2v) is 5.76. The highest BCUT2D eigenvalue weighted by Gasteiger charge is 2.25. The van der Waals surface area contributed by atoms with Crippen molar-refractivity contribution in [1.29, 1.82) is 0 Å². The average molecular weight is 249 g/mol. The summed E-state index contributed by atoms with van der Waals surface area (Å²) >= 11 is 4.89. The Morgan fingerprint density at radius 1 is 1.67 bits per heavy atom. The second kappa shape index (κ2) is 4.07. The molecule has 1 fully saturated rings. The Labute approximate surface area is 93.4 Å². The molecule has 0 aromatic carbocycles. The predicted molar refractivity (Wildman–Crippen MR) is 58.1 cm³/mol. The third-order valence-corrected chi connectivity index (χ3v) is 3.67. The average Bonchev–Trinajstić information content (AvgIpc) is 2.89. The number of hydrogen-bond donors (Lipinski definition) is 1. The van der Waals surface area contributed by atoms with Gasteiger partial charge in [0, 0.05) is 5.41 Å². The molecule has 0 aromatic heterocycles. The first-order valence-electron chi connectivity index (χ1n) is 4.51. The lowest BCUT2D eigenvalue weighted by molar-refractivity contribution is 0.248. The van der Waals surface area contributed by atoms with Crippen molar-refractivity contribution in [1.82, 2.24) is 5.32 Å². The van der Waals surface area contributed by atoms with Crippen LogP contribution in [0.5, 0.6) is 0 Å². The van der Waals surface area contributed by atoms with Crippen molar-refractivity contribution in [3.05, 3.63) is 11.5 Å². The molecule has 0 saturated carbocycles. The fourth-order valence-electron chi connectivity index (χ4n) is 1.19. The molecule has 0 radical (unpaired) electrons. The Morgan fingerprint density at radius 3 is 2.93 bits per heavy atom. The minimum absolute atomic E-state index is 0.0381. The van der Waals surface area contributed by atoms with E-state index >= 15 is 0 Å². The standard InChI is InChI=1S/C8H11NO4S2/c10-15(11)2-1-6(5-15)9-8(14)13-4-7-3-12-7/h1-2,6-7H,3-5H2,(H,9,14)/t6-,7+/m1/s1. The van der Waals surface area contributed by atoms with E-state index in [4.69, 9.17) is 21.7 Å². The highest BCUT2D eigenvalue weighted by atomic mass is 32.2. The van der Waals surface area contributed by atoms with Crippen molar-refractivity contribution in [2.45, 2.75) is 12.1 Å². The van der Waals surface area contributed by atoms with Crippen LogP contribution in [-0.4, -0.2) is 44.7 Å². The Hall–Kier alpha value is -0.660. The van der Waals surface area contributed by atoms with Crippen LogP contribution in [0.25, 0.3) is 0 Å². The molecule has 7 heteroatoms. The third-order valence-electron chi connectivity index (χ3n) is 2.04. The van der Waals surface area contributed by atoms with Gasteiger partial charge in [-0.05, 0) is 18.3 Å². The van der Waals surface area contributed by atoms with Gasteiger partial charge in [-0.2, -0.15) is 0 Å². The van der Waals surface area contributed by atoms with Crippen LogP contribution in [0.2, 0.25) is 0 Å². The quantitative estimate of drug-likeness (QED) is 0.541. The molecule has 0 unspecified atom stereocenters. The lowest BCUT2D eigenvalue weighted by Crippen LogP contribution is -2.36. The molecule has 2 atom stereocenters. The summed E-state index contributed by atoms with van der Waals surface area (Å²) in [5.74, 6) is 0.0381. The Morgan fingerprint density at radius 2 is 2.40 bits per heavy atom. The van der Waals surface area contributed by atoms with Crippen LogP contribution in [0.3, 0.4) is 0 Å². The Balaban J connectivity index is 1.72. The third kappa shape index (κ3) is 3.44. The van der Waals surface area contributed by atoms with E-state index in [1.807, 2.05) is 0 Å². The summed E-state index contributed by atoms with van der Waals surface area (Å²) < 4.78 is 32.2. The zero-order chi connectivity index (χ0) is 10.9. The SMILES string of the molecule is O=S1(=O)C=C[C@@H](NC(=S)OC[C@@H]2CO2)C1. The Kier molecular flexibility index (Phi) is 2.94. The lowest BCUT2D eigenvalue weighted by Gasteiger charge is -2.12. The fraction of sp³-hybridized carbons (Fsp3) is 0.625. The molecule has 2 rings (SSSR count). The molecule has 0 aromatic rings. The van der Waals surface area contributed by atoms with Gasteiger partial charge in [0.15, 0.2) is 9.84 Å². The molecule has 2 heterocycles. The highest BCUT2D eigenvalue weighted by molar-refractivity contribution is 7.94. The van der Waals surface area contributed by atoms with Gasteiger partial charge in [-0.15, -0.1) is 0 Å². The first kappa shape index (κ1) is 10.8. The summed E-state index contributed by atoms with van der Waals surface area (Å²) in [6.45, 7) is 1.13. The van der Waals surface area contributed by atoms with Crippen LogP contribution >= 0.6 is 12.2 Å². The minimum Gasteiger partial charge on any atom is -0.468 e. The van der Waals surface area contributed by atoms with Crippen molar-refractivity contribution in [3.8, 4) is 0 Å². The van der Waals surface area contributed by atoms with Gasteiger partial charge in [0.1, 0.15) is 12.7 Å². The molecule has 2 aliphatic heterocycles. The van der Waals surface area contributed by atoms with Crippen molar-refractivity contribution >= 4 is 27.2 Å². The van der Waals surface area contributed by atoms with Gasteiger partial charge in [-0.1, -0.05) is 0 Å². The van der Waals surface area contributed by atoms with Gasteiger partial charge in [-0.25, -0.2) is 8.42 Å². The van der Waals surface area contributed by atoms with Crippen LogP contribution in [0.15, 0.2) is 11.5 Å². The zero-order valence-corrected chi connectivity index (χ0v) is 9.51. The van der Waals surface area contributed by atoms with Crippen molar-refractivity contribution in [3.63, 3.8) is 0 Å². The number of epoxide rings is 1. The maximum Gasteiger partial charge on any atom is 0.257 e. The number of ether oxygens (including phenoxy) is 2. The summed E-state index contributed by atoms with van der Waals surface area (Å²) in [5.41, 5.74) is 0. The molecular formula is C8H11NO4S2. The molecule has 2 aliphatic rings. The van der Waals surface area contributed by atoms with Crippen molar-refractivity contribution < 1.29 is 17.9 Å². The van der Waals surface area contributed by atoms with E-state index < -0.39 is 9.84 Å². The maximum absolute atomic E-state index is 11.1. The summed E-state index contributed by atoms with van der Waals surface area (Å²) in [4.78, 5) is 0. The number of nitrogens with one attached hydrogen (secondary N) is 1. The molecule has 0 aliphatic carbocycles. The largest absolute Gasteiger partial charge is 0.468 e. The number of hydrogen-bond acceptors (Lipinski definition) is 5. The van der Waals surface area contributed by atoms with Crippen LogP contribution in [-0.2, 0) is 19.3 Å². The lowest BCUT2D eigenvalue weighted by atomic mass is 10.3. The molecule has 84 valence electrons. The molecular weight excluding hydrogens is 238 g/mol. The Bertz CT molecular complexity index is 385. The molecule has 0 bridgehead atoms. The van der Waals surface area contributed by atoms with Gasteiger partial charge < -0.3 is 14.8 Å². The van der Waals surface area contributed by atoms with Crippen molar-refractivity contribution in [2.24, 2.45) is 0 Å². The number of rotatable bonds is 3. The first-order chi connectivity index (χ1) is 7.05. The van der Waals surface area contributed by atoms with Gasteiger partial charge >= 0.3 is 0 Å². The summed E-state index contributed by atoms with van der Waals surface area (Å²) in [7, 11) is -3.04. The fourth-order valence-corrected chi connectivity index (χ4v) is 2.65. The van der Waals surface area contributed by atoms with Crippen LogP contribution in [0, 0.1) is 0 Å². The monoisotopic (exact) mass is 249 g/mol. The summed E-state index contributed by atoms with van der Waals surface area (Å²) in [5, 5.41) is 4.22. The second-order valence-electron chi connectivity index (χ2n) is 3.46. The van der Waals surface area contributed by atoms with E-state index in [0.29, 0.717) is 13.2 Å². The maximum atomic E-state index is 11.1. The number of thiocarbonyl (C=S) groups is 1. The summed E-state index contributed by atoms with van der Waals surface area (Å²) in [6, 6.07) is -0.275. The van der Waals surface area contributed by atoms with E-state index in [9.17, 15) is 8.42 Å². The topological polar surface area (TPSA) is 67.9 Å².